The average molecular weight is 220 g/mol. The highest BCUT2D eigenvalue weighted by Gasteiger charge is 2.11. The number of nitrogens with one attached hydrogen (secondary N) is 1. The van der Waals surface area contributed by atoms with Crippen molar-refractivity contribution < 1.29 is 9.18 Å². The maximum atomic E-state index is 13.2. The van der Waals surface area contributed by atoms with Crippen LogP contribution in [0.5, 0.6) is 0 Å². The predicted molar refractivity (Wildman–Crippen MR) is 57.8 cm³/mol. The molecule has 2 rings (SSSR count). The van der Waals surface area contributed by atoms with Crippen LogP contribution in [-0.4, -0.2) is 10.9 Å². The van der Waals surface area contributed by atoms with Crippen LogP contribution in [0, 0.1) is 12.7 Å². The Bertz CT molecular complexity index is 646. The lowest BCUT2D eigenvalue weighted by Crippen LogP contribution is -2.22. The van der Waals surface area contributed by atoms with Gasteiger partial charge in [0, 0.05) is 11.6 Å². The lowest BCUT2D eigenvalue weighted by molar-refractivity contribution is 0.0999. The fourth-order valence-corrected chi connectivity index (χ4v) is 1.53. The van der Waals surface area contributed by atoms with Crippen LogP contribution in [-0.2, 0) is 0 Å². The summed E-state index contributed by atoms with van der Waals surface area (Å²) in [5.74, 6) is -1.21. The number of carbonyl (C=O) groups excluding carboxylic acids is 1. The van der Waals surface area contributed by atoms with Gasteiger partial charge in [-0.3, -0.25) is 9.59 Å². The topological polar surface area (TPSA) is 76.0 Å². The molecule has 0 saturated heterocycles. The van der Waals surface area contributed by atoms with E-state index in [4.69, 9.17) is 5.73 Å². The molecule has 0 unspecified atom stereocenters. The summed E-state index contributed by atoms with van der Waals surface area (Å²) in [6.45, 7) is 1.55. The van der Waals surface area contributed by atoms with E-state index in [1.165, 1.54) is 18.3 Å². The van der Waals surface area contributed by atoms with Crippen molar-refractivity contribution in [1.29, 1.82) is 0 Å². The molecule has 0 atom stereocenters. The largest absolute Gasteiger partial charge is 0.365 e. The van der Waals surface area contributed by atoms with Crippen molar-refractivity contribution in [2.24, 2.45) is 5.73 Å². The number of pyridine rings is 1. The number of rotatable bonds is 1. The number of fused-ring (bicyclic) bond motifs is 1. The summed E-state index contributed by atoms with van der Waals surface area (Å²) in [4.78, 5) is 25.4. The lowest BCUT2D eigenvalue weighted by Gasteiger charge is -2.02. The van der Waals surface area contributed by atoms with Crippen molar-refractivity contribution in [2.75, 3.05) is 0 Å². The average Bonchev–Trinajstić information content (AvgIpc) is 2.21. The molecule has 1 aromatic heterocycles. The van der Waals surface area contributed by atoms with E-state index in [0.29, 0.717) is 11.1 Å². The molecule has 16 heavy (non-hydrogen) atoms. The Morgan fingerprint density at radius 2 is 2.12 bits per heavy atom. The molecule has 0 saturated carbocycles. The van der Waals surface area contributed by atoms with Crippen LogP contribution in [0.3, 0.4) is 0 Å². The smallest absolute Gasteiger partial charge is 0.254 e. The molecular formula is C11H9FN2O2. The van der Waals surface area contributed by atoms with Gasteiger partial charge in [0.15, 0.2) is 0 Å². The van der Waals surface area contributed by atoms with E-state index in [9.17, 15) is 14.0 Å². The molecule has 5 heteroatoms. The van der Waals surface area contributed by atoms with Gasteiger partial charge in [-0.25, -0.2) is 4.39 Å². The van der Waals surface area contributed by atoms with Crippen LogP contribution in [0.2, 0.25) is 0 Å². The van der Waals surface area contributed by atoms with E-state index in [0.717, 1.165) is 0 Å². The Hall–Kier alpha value is -2.17. The van der Waals surface area contributed by atoms with Crippen molar-refractivity contribution in [3.8, 4) is 0 Å². The molecule has 0 fully saturated rings. The van der Waals surface area contributed by atoms with E-state index < -0.39 is 17.2 Å². The minimum absolute atomic E-state index is 0.126. The normalized spacial score (nSPS) is 10.6. The number of halogens is 1. The first-order chi connectivity index (χ1) is 7.50. The summed E-state index contributed by atoms with van der Waals surface area (Å²) >= 11 is 0. The zero-order chi connectivity index (χ0) is 11.9. The molecule has 2 aromatic rings. The zero-order valence-electron chi connectivity index (χ0n) is 8.50. The monoisotopic (exact) mass is 220 g/mol. The summed E-state index contributed by atoms with van der Waals surface area (Å²) in [5, 5.41) is 0.259. The second-order valence-corrected chi connectivity index (χ2v) is 3.54. The van der Waals surface area contributed by atoms with Crippen molar-refractivity contribution in [2.45, 2.75) is 6.92 Å². The van der Waals surface area contributed by atoms with Gasteiger partial charge in [0.25, 0.3) is 5.91 Å². The molecule has 1 amide bonds. The Balaban J connectivity index is 2.90. The summed E-state index contributed by atoms with van der Waals surface area (Å²) in [6, 6.07) is 2.62. The van der Waals surface area contributed by atoms with Gasteiger partial charge in [0.05, 0.1) is 5.52 Å². The Kier molecular flexibility index (Phi) is 2.23. The highest BCUT2D eigenvalue weighted by molar-refractivity contribution is 5.96. The number of aryl methyl sites for hydroxylation is 1. The predicted octanol–water partition coefficient (Wildman–Crippen LogP) is 1.07. The minimum Gasteiger partial charge on any atom is -0.365 e. The molecule has 0 aliphatic carbocycles. The molecule has 0 bridgehead atoms. The van der Waals surface area contributed by atoms with Gasteiger partial charge in [-0.2, -0.15) is 0 Å². The van der Waals surface area contributed by atoms with E-state index >= 15 is 0 Å². The third-order valence-electron chi connectivity index (χ3n) is 2.43. The van der Waals surface area contributed by atoms with Gasteiger partial charge >= 0.3 is 0 Å². The molecule has 82 valence electrons. The van der Waals surface area contributed by atoms with Crippen LogP contribution >= 0.6 is 0 Å². The number of hydrogen-bond donors (Lipinski definition) is 2. The highest BCUT2D eigenvalue weighted by Crippen LogP contribution is 2.14. The first-order valence-electron chi connectivity index (χ1n) is 4.62. The first-order valence-corrected chi connectivity index (χ1v) is 4.62. The number of H-pyrrole nitrogens is 1. The number of benzene rings is 1. The van der Waals surface area contributed by atoms with E-state index in [2.05, 4.69) is 4.98 Å². The summed E-state index contributed by atoms with van der Waals surface area (Å²) in [7, 11) is 0. The Morgan fingerprint density at radius 1 is 1.44 bits per heavy atom. The third-order valence-corrected chi connectivity index (χ3v) is 2.43. The number of aromatic amines is 1. The van der Waals surface area contributed by atoms with Gasteiger partial charge in [-0.1, -0.05) is 0 Å². The standard InChI is InChI=1S/C11H9FN2O2/c1-5-2-6-9(3-8(5)12)14-4-7(10(6)15)11(13)16/h2-4H,1H3,(H2,13,16)(H,14,15). The molecule has 3 N–H and O–H groups in total. The molecule has 0 radical (unpaired) electrons. The van der Waals surface area contributed by atoms with Gasteiger partial charge < -0.3 is 10.7 Å². The van der Waals surface area contributed by atoms with Crippen LogP contribution in [0.4, 0.5) is 4.39 Å². The number of amides is 1. The molecule has 4 nitrogen and oxygen atoms in total. The maximum Gasteiger partial charge on any atom is 0.254 e. The van der Waals surface area contributed by atoms with Crippen LogP contribution in [0.25, 0.3) is 10.9 Å². The fraction of sp³-hybridized carbons (Fsp3) is 0.0909. The van der Waals surface area contributed by atoms with Crippen molar-refractivity contribution >= 4 is 16.8 Å². The van der Waals surface area contributed by atoms with E-state index in [1.54, 1.807) is 6.92 Å². The minimum atomic E-state index is -0.801. The first kappa shape index (κ1) is 10.4. The number of hydrogen-bond acceptors (Lipinski definition) is 2. The summed E-state index contributed by atoms with van der Waals surface area (Å²) < 4.78 is 13.2. The highest BCUT2D eigenvalue weighted by atomic mass is 19.1. The number of primary amides is 1. The lowest BCUT2D eigenvalue weighted by atomic mass is 10.1. The molecule has 1 aromatic carbocycles. The van der Waals surface area contributed by atoms with Crippen LogP contribution in [0.15, 0.2) is 23.1 Å². The second kappa shape index (κ2) is 3.44. The second-order valence-electron chi connectivity index (χ2n) is 3.54. The van der Waals surface area contributed by atoms with Gasteiger partial charge in [0.2, 0.25) is 5.43 Å². The molecular weight excluding hydrogens is 211 g/mol. The summed E-state index contributed by atoms with van der Waals surface area (Å²) in [5.41, 5.74) is 5.12. The Labute approximate surface area is 89.9 Å². The summed E-state index contributed by atoms with van der Waals surface area (Å²) in [6.07, 6.45) is 1.20. The van der Waals surface area contributed by atoms with Crippen molar-refractivity contribution in [1.82, 2.24) is 4.98 Å². The molecule has 0 aliphatic rings. The van der Waals surface area contributed by atoms with Gasteiger partial charge in [0.1, 0.15) is 11.4 Å². The number of carbonyl (C=O) groups is 1. The van der Waals surface area contributed by atoms with Crippen LogP contribution in [0.1, 0.15) is 15.9 Å². The van der Waals surface area contributed by atoms with Crippen molar-refractivity contribution in [3.05, 3.63) is 45.5 Å². The molecule has 1 heterocycles. The molecule has 0 aliphatic heterocycles. The van der Waals surface area contributed by atoms with Crippen molar-refractivity contribution in [3.63, 3.8) is 0 Å². The molecule has 0 spiro atoms. The fourth-order valence-electron chi connectivity index (χ4n) is 1.53. The Morgan fingerprint density at radius 3 is 2.75 bits per heavy atom. The van der Waals surface area contributed by atoms with Gasteiger partial charge in [-0.05, 0) is 24.6 Å². The SMILES string of the molecule is Cc1cc2c(=O)c(C(N)=O)c[nH]c2cc1F. The number of aromatic nitrogens is 1. The van der Waals surface area contributed by atoms with Crippen LogP contribution < -0.4 is 11.2 Å². The van der Waals surface area contributed by atoms with E-state index in [-0.39, 0.29) is 10.9 Å². The maximum absolute atomic E-state index is 13.2. The zero-order valence-corrected chi connectivity index (χ0v) is 8.50. The van der Waals surface area contributed by atoms with E-state index in [1.807, 2.05) is 0 Å². The van der Waals surface area contributed by atoms with Gasteiger partial charge in [-0.15, -0.1) is 0 Å². The quantitative estimate of drug-likeness (QED) is 0.754. The number of nitrogens with two attached hydrogens (primary N) is 1. The third kappa shape index (κ3) is 1.46.